The summed E-state index contributed by atoms with van der Waals surface area (Å²) in [5.74, 6) is -0.868. The fraction of sp³-hybridized carbons (Fsp3) is 0.800. The first-order chi connectivity index (χ1) is 7.74. The van der Waals surface area contributed by atoms with Crippen LogP contribution in [0.4, 0.5) is 0 Å². The molecular weight excluding hydrogens is 216 g/mol. The molecule has 0 aromatic carbocycles. The minimum Gasteiger partial charge on any atom is -0.436 e. The Hall–Kier alpha value is -1.14. The van der Waals surface area contributed by atoms with Crippen molar-refractivity contribution in [2.24, 2.45) is 0 Å². The Labute approximate surface area is 92.8 Å². The third-order valence-electron chi connectivity index (χ3n) is 2.37. The van der Waals surface area contributed by atoms with Crippen LogP contribution in [-0.4, -0.2) is 37.7 Å². The van der Waals surface area contributed by atoms with Gasteiger partial charge >= 0.3 is 11.9 Å². The van der Waals surface area contributed by atoms with Gasteiger partial charge in [0.2, 0.25) is 12.6 Å². The molecule has 0 radical (unpaired) electrons. The number of ether oxygens (including phenoxy) is 4. The van der Waals surface area contributed by atoms with Gasteiger partial charge in [0.05, 0.1) is 26.1 Å². The van der Waals surface area contributed by atoms with Gasteiger partial charge in [0.15, 0.2) is 0 Å². The molecule has 2 fully saturated rings. The molecule has 6 nitrogen and oxygen atoms in total. The lowest BCUT2D eigenvalue weighted by molar-refractivity contribution is -0.221. The van der Waals surface area contributed by atoms with Gasteiger partial charge in [-0.1, -0.05) is 0 Å². The summed E-state index contributed by atoms with van der Waals surface area (Å²) in [5.41, 5.74) is 0. The quantitative estimate of drug-likeness (QED) is 0.634. The van der Waals surface area contributed by atoms with Gasteiger partial charge in [0.25, 0.3) is 0 Å². The lowest BCUT2D eigenvalue weighted by atomic mass is 10.3. The van der Waals surface area contributed by atoms with Crippen molar-refractivity contribution in [2.45, 2.75) is 38.3 Å². The van der Waals surface area contributed by atoms with Crippen molar-refractivity contribution in [3.8, 4) is 0 Å². The second-order valence-corrected chi connectivity index (χ2v) is 3.66. The first-order valence-corrected chi connectivity index (χ1v) is 5.36. The molecule has 0 amide bonds. The van der Waals surface area contributed by atoms with Crippen LogP contribution < -0.4 is 0 Å². The molecule has 2 aliphatic rings. The smallest absolute Gasteiger partial charge is 0.308 e. The minimum atomic E-state index is -0.434. The van der Waals surface area contributed by atoms with Crippen molar-refractivity contribution in [3.63, 3.8) is 0 Å². The van der Waals surface area contributed by atoms with E-state index in [1.807, 2.05) is 0 Å². The predicted molar refractivity (Wildman–Crippen MR) is 50.1 cm³/mol. The third-order valence-corrected chi connectivity index (χ3v) is 2.37. The molecule has 2 rings (SSSR count). The van der Waals surface area contributed by atoms with Crippen molar-refractivity contribution in [1.29, 1.82) is 0 Å². The molecule has 2 atom stereocenters. The Bertz CT molecular complexity index is 240. The van der Waals surface area contributed by atoms with Crippen molar-refractivity contribution in [3.05, 3.63) is 0 Å². The summed E-state index contributed by atoms with van der Waals surface area (Å²) >= 11 is 0. The van der Waals surface area contributed by atoms with E-state index in [-0.39, 0.29) is 12.8 Å². The SMILES string of the molecule is O=C(CCC(=O)OC1CCO1)OC1CCO1. The molecule has 0 aromatic heterocycles. The van der Waals surface area contributed by atoms with E-state index < -0.39 is 24.5 Å². The molecule has 0 aromatic rings. The van der Waals surface area contributed by atoms with E-state index in [1.54, 1.807) is 0 Å². The monoisotopic (exact) mass is 230 g/mol. The van der Waals surface area contributed by atoms with Crippen molar-refractivity contribution in [2.75, 3.05) is 13.2 Å². The summed E-state index contributed by atoms with van der Waals surface area (Å²) in [4.78, 5) is 22.4. The molecular formula is C10H14O6. The number of carbonyl (C=O) groups is 2. The summed E-state index contributed by atoms with van der Waals surface area (Å²) in [6.07, 6.45) is 0.659. The fourth-order valence-corrected chi connectivity index (χ4v) is 1.23. The summed E-state index contributed by atoms with van der Waals surface area (Å²) < 4.78 is 19.6. The van der Waals surface area contributed by atoms with Crippen LogP contribution in [-0.2, 0) is 28.5 Å². The van der Waals surface area contributed by atoms with Gasteiger partial charge in [-0.3, -0.25) is 9.59 Å². The lowest BCUT2D eigenvalue weighted by Gasteiger charge is -2.26. The van der Waals surface area contributed by atoms with Crippen LogP contribution in [0.1, 0.15) is 25.7 Å². The highest BCUT2D eigenvalue weighted by atomic mass is 16.7. The second-order valence-electron chi connectivity index (χ2n) is 3.66. The Morgan fingerprint density at radius 2 is 1.31 bits per heavy atom. The molecule has 2 saturated heterocycles. The first-order valence-electron chi connectivity index (χ1n) is 5.36. The Balaban J connectivity index is 1.54. The van der Waals surface area contributed by atoms with Crippen LogP contribution in [0.2, 0.25) is 0 Å². The predicted octanol–water partition coefficient (Wildman–Crippen LogP) is 0.346. The molecule has 2 heterocycles. The van der Waals surface area contributed by atoms with Gasteiger partial charge in [-0.2, -0.15) is 0 Å². The number of hydrogen-bond acceptors (Lipinski definition) is 6. The Morgan fingerprint density at radius 3 is 1.56 bits per heavy atom. The molecule has 6 heteroatoms. The van der Waals surface area contributed by atoms with E-state index in [4.69, 9.17) is 18.9 Å². The summed E-state index contributed by atoms with van der Waals surface area (Å²) in [6.45, 7) is 1.25. The fourth-order valence-electron chi connectivity index (χ4n) is 1.23. The van der Waals surface area contributed by atoms with Crippen molar-refractivity contribution < 1.29 is 28.5 Å². The van der Waals surface area contributed by atoms with Gasteiger partial charge in [-0.05, 0) is 0 Å². The number of esters is 2. The van der Waals surface area contributed by atoms with Gasteiger partial charge < -0.3 is 18.9 Å². The van der Waals surface area contributed by atoms with E-state index in [0.717, 1.165) is 12.8 Å². The van der Waals surface area contributed by atoms with Crippen LogP contribution in [0.5, 0.6) is 0 Å². The maximum atomic E-state index is 11.2. The van der Waals surface area contributed by atoms with Crippen LogP contribution >= 0.6 is 0 Å². The van der Waals surface area contributed by atoms with Gasteiger partial charge in [-0.25, -0.2) is 0 Å². The molecule has 0 aliphatic carbocycles. The number of carbonyl (C=O) groups excluding carboxylic acids is 2. The number of rotatable bonds is 5. The van der Waals surface area contributed by atoms with Crippen molar-refractivity contribution in [1.82, 2.24) is 0 Å². The van der Waals surface area contributed by atoms with Gasteiger partial charge in [0, 0.05) is 12.8 Å². The third kappa shape index (κ3) is 3.18. The Kier molecular flexibility index (Phi) is 3.74. The molecule has 0 N–H and O–H groups in total. The second kappa shape index (κ2) is 5.27. The first kappa shape index (κ1) is 11.3. The van der Waals surface area contributed by atoms with Crippen molar-refractivity contribution >= 4 is 11.9 Å². The molecule has 2 aliphatic heterocycles. The molecule has 0 spiro atoms. The summed E-state index contributed by atoms with van der Waals surface area (Å²) in [7, 11) is 0. The number of hydrogen-bond donors (Lipinski definition) is 0. The van der Waals surface area contributed by atoms with Crippen LogP contribution in [0, 0.1) is 0 Å². The zero-order valence-electron chi connectivity index (χ0n) is 8.85. The topological polar surface area (TPSA) is 71.1 Å². The molecule has 90 valence electrons. The van der Waals surface area contributed by atoms with Gasteiger partial charge in [0.1, 0.15) is 0 Å². The molecule has 0 saturated carbocycles. The highest BCUT2D eigenvalue weighted by Crippen LogP contribution is 2.15. The highest BCUT2D eigenvalue weighted by Gasteiger charge is 2.25. The average molecular weight is 230 g/mol. The largest absolute Gasteiger partial charge is 0.436 e. The van der Waals surface area contributed by atoms with Crippen LogP contribution in [0.3, 0.4) is 0 Å². The van der Waals surface area contributed by atoms with Crippen LogP contribution in [0.15, 0.2) is 0 Å². The molecule has 2 unspecified atom stereocenters. The van der Waals surface area contributed by atoms with E-state index >= 15 is 0 Å². The van der Waals surface area contributed by atoms with E-state index in [9.17, 15) is 9.59 Å². The Morgan fingerprint density at radius 1 is 0.938 bits per heavy atom. The summed E-state index contributed by atoms with van der Waals surface area (Å²) in [6, 6.07) is 0. The maximum absolute atomic E-state index is 11.2. The lowest BCUT2D eigenvalue weighted by Crippen LogP contribution is -2.33. The van der Waals surface area contributed by atoms with E-state index in [1.165, 1.54) is 0 Å². The molecule has 0 bridgehead atoms. The molecule has 16 heavy (non-hydrogen) atoms. The average Bonchev–Trinajstić information content (AvgIpc) is 2.14. The zero-order valence-corrected chi connectivity index (χ0v) is 8.85. The summed E-state index contributed by atoms with van der Waals surface area (Å²) in [5, 5.41) is 0. The highest BCUT2D eigenvalue weighted by molar-refractivity contribution is 5.77. The minimum absolute atomic E-state index is 0.0193. The standard InChI is InChI=1S/C10H14O6/c11-7(15-9-3-5-13-9)1-2-8(12)16-10-4-6-14-10/h9-10H,1-6H2. The van der Waals surface area contributed by atoms with Gasteiger partial charge in [-0.15, -0.1) is 0 Å². The van der Waals surface area contributed by atoms with E-state index in [2.05, 4.69) is 0 Å². The maximum Gasteiger partial charge on any atom is 0.308 e. The van der Waals surface area contributed by atoms with Crippen LogP contribution in [0.25, 0.3) is 0 Å². The zero-order chi connectivity index (χ0) is 11.4. The normalized spacial score (nSPS) is 27.5. The van der Waals surface area contributed by atoms with E-state index in [0.29, 0.717) is 13.2 Å².